The van der Waals surface area contributed by atoms with E-state index < -0.39 is 6.04 Å². The minimum Gasteiger partial charge on any atom is -0.327 e. The summed E-state index contributed by atoms with van der Waals surface area (Å²) in [7, 11) is 0. The third kappa shape index (κ3) is 3.33. The van der Waals surface area contributed by atoms with E-state index in [9.17, 15) is 9.18 Å². The van der Waals surface area contributed by atoms with Gasteiger partial charge in [-0.2, -0.15) is 0 Å². The van der Waals surface area contributed by atoms with Gasteiger partial charge in [0.05, 0.1) is 16.1 Å². The van der Waals surface area contributed by atoms with Crippen LogP contribution in [0.3, 0.4) is 0 Å². The Labute approximate surface area is 167 Å². The van der Waals surface area contributed by atoms with E-state index in [0.29, 0.717) is 34.1 Å². The SMILES string of the molecule is O=C(c1ccc(Cl)c(Cl)c1)N1CCc2ccccc2[C@@H]1c1ccccc1F. The van der Waals surface area contributed by atoms with Crippen LogP contribution in [0.15, 0.2) is 66.7 Å². The lowest BCUT2D eigenvalue weighted by molar-refractivity contribution is 0.0692. The number of benzene rings is 3. The van der Waals surface area contributed by atoms with E-state index in [-0.39, 0.29) is 11.7 Å². The first kappa shape index (κ1) is 18.0. The smallest absolute Gasteiger partial charge is 0.254 e. The van der Waals surface area contributed by atoms with Gasteiger partial charge in [-0.1, -0.05) is 65.7 Å². The fourth-order valence-corrected chi connectivity index (χ4v) is 3.91. The number of amides is 1. The van der Waals surface area contributed by atoms with Crippen molar-refractivity contribution in [1.82, 2.24) is 4.90 Å². The van der Waals surface area contributed by atoms with E-state index in [0.717, 1.165) is 11.1 Å². The normalized spacial score (nSPS) is 16.1. The molecule has 1 heterocycles. The Balaban J connectivity index is 1.82. The van der Waals surface area contributed by atoms with Crippen LogP contribution in [-0.2, 0) is 6.42 Å². The van der Waals surface area contributed by atoms with Crippen LogP contribution in [-0.4, -0.2) is 17.4 Å². The molecule has 2 nitrogen and oxygen atoms in total. The monoisotopic (exact) mass is 399 g/mol. The first-order valence-corrected chi connectivity index (χ1v) is 9.40. The summed E-state index contributed by atoms with van der Waals surface area (Å²) in [6, 6.07) is 18.8. The standard InChI is InChI=1S/C22H16Cl2FNO/c23-18-10-9-15(13-19(18)24)22(27)26-12-11-14-5-1-2-6-16(14)21(26)17-7-3-4-8-20(17)25/h1-10,13,21H,11-12H2/t21-/m1/s1. The van der Waals surface area contributed by atoms with Gasteiger partial charge in [-0.25, -0.2) is 4.39 Å². The third-order valence-electron chi connectivity index (χ3n) is 4.91. The van der Waals surface area contributed by atoms with Crippen molar-refractivity contribution >= 4 is 29.1 Å². The number of nitrogens with zero attached hydrogens (tertiary/aromatic N) is 1. The first-order valence-electron chi connectivity index (χ1n) is 8.64. The summed E-state index contributed by atoms with van der Waals surface area (Å²) in [6.07, 6.45) is 0.716. The summed E-state index contributed by atoms with van der Waals surface area (Å²) < 4.78 is 14.6. The maximum Gasteiger partial charge on any atom is 0.254 e. The number of fused-ring (bicyclic) bond motifs is 1. The lowest BCUT2D eigenvalue weighted by Crippen LogP contribution is -2.41. The third-order valence-corrected chi connectivity index (χ3v) is 5.65. The zero-order valence-electron chi connectivity index (χ0n) is 14.3. The Hall–Kier alpha value is -2.36. The van der Waals surface area contributed by atoms with Crippen molar-refractivity contribution in [3.63, 3.8) is 0 Å². The topological polar surface area (TPSA) is 20.3 Å². The molecule has 0 radical (unpaired) electrons. The number of hydrogen-bond acceptors (Lipinski definition) is 1. The van der Waals surface area contributed by atoms with Gasteiger partial charge in [0.25, 0.3) is 5.91 Å². The molecular weight excluding hydrogens is 384 g/mol. The minimum absolute atomic E-state index is 0.198. The highest BCUT2D eigenvalue weighted by molar-refractivity contribution is 6.42. The molecule has 1 aliphatic rings. The van der Waals surface area contributed by atoms with E-state index >= 15 is 0 Å². The van der Waals surface area contributed by atoms with Crippen molar-refractivity contribution in [1.29, 1.82) is 0 Å². The fourth-order valence-electron chi connectivity index (χ4n) is 3.61. The van der Waals surface area contributed by atoms with Gasteiger partial charge in [-0.05, 0) is 41.8 Å². The Morgan fingerprint density at radius 3 is 2.37 bits per heavy atom. The first-order chi connectivity index (χ1) is 13.1. The van der Waals surface area contributed by atoms with Crippen LogP contribution in [0.5, 0.6) is 0 Å². The molecule has 0 saturated carbocycles. The molecule has 0 fully saturated rings. The summed E-state index contributed by atoms with van der Waals surface area (Å²) in [5.41, 5.74) is 2.99. The van der Waals surface area contributed by atoms with Crippen LogP contribution in [0.25, 0.3) is 0 Å². The van der Waals surface area contributed by atoms with Gasteiger partial charge in [0.2, 0.25) is 0 Å². The van der Waals surface area contributed by atoms with Crippen molar-refractivity contribution in [2.45, 2.75) is 12.5 Å². The molecule has 1 atom stereocenters. The van der Waals surface area contributed by atoms with Gasteiger partial charge in [0, 0.05) is 17.7 Å². The summed E-state index contributed by atoms with van der Waals surface area (Å²) >= 11 is 12.1. The maximum atomic E-state index is 14.6. The van der Waals surface area contributed by atoms with Gasteiger partial charge in [-0.15, -0.1) is 0 Å². The molecule has 3 aromatic rings. The molecule has 0 N–H and O–H groups in total. The predicted molar refractivity (Wildman–Crippen MR) is 106 cm³/mol. The zero-order valence-corrected chi connectivity index (χ0v) is 15.8. The predicted octanol–water partition coefficient (Wildman–Crippen LogP) is 5.92. The lowest BCUT2D eigenvalue weighted by atomic mass is 9.87. The summed E-state index contributed by atoms with van der Waals surface area (Å²) in [5.74, 6) is -0.525. The van der Waals surface area contributed by atoms with E-state index in [4.69, 9.17) is 23.2 Å². The van der Waals surface area contributed by atoms with E-state index in [1.54, 1.807) is 41.3 Å². The van der Waals surface area contributed by atoms with Crippen LogP contribution >= 0.6 is 23.2 Å². The van der Waals surface area contributed by atoms with Gasteiger partial charge in [0.15, 0.2) is 0 Å². The Morgan fingerprint density at radius 1 is 0.926 bits per heavy atom. The molecule has 27 heavy (non-hydrogen) atoms. The maximum absolute atomic E-state index is 14.6. The van der Waals surface area contributed by atoms with Gasteiger partial charge < -0.3 is 4.90 Å². The van der Waals surface area contributed by atoms with Crippen molar-refractivity contribution < 1.29 is 9.18 Å². The summed E-state index contributed by atoms with van der Waals surface area (Å²) in [4.78, 5) is 15.0. The number of carbonyl (C=O) groups excluding carboxylic acids is 1. The van der Waals surface area contributed by atoms with E-state index in [1.807, 2.05) is 24.3 Å². The lowest BCUT2D eigenvalue weighted by Gasteiger charge is -2.38. The van der Waals surface area contributed by atoms with E-state index in [1.165, 1.54) is 6.07 Å². The fraction of sp³-hybridized carbons (Fsp3) is 0.136. The van der Waals surface area contributed by atoms with Crippen LogP contribution in [0.1, 0.15) is 33.1 Å². The van der Waals surface area contributed by atoms with Crippen molar-refractivity contribution in [2.75, 3.05) is 6.54 Å². The second-order valence-electron chi connectivity index (χ2n) is 6.50. The highest BCUT2D eigenvalue weighted by atomic mass is 35.5. The molecule has 0 unspecified atom stereocenters. The van der Waals surface area contributed by atoms with Crippen LogP contribution in [0, 0.1) is 5.82 Å². The number of hydrogen-bond donors (Lipinski definition) is 0. The second kappa shape index (κ2) is 7.34. The van der Waals surface area contributed by atoms with Gasteiger partial charge in [-0.3, -0.25) is 4.79 Å². The van der Waals surface area contributed by atoms with Crippen molar-refractivity contribution in [2.24, 2.45) is 0 Å². The molecule has 0 aliphatic carbocycles. The molecule has 0 aromatic heterocycles. The summed E-state index contributed by atoms with van der Waals surface area (Å²) in [5, 5.41) is 0.713. The average molecular weight is 400 g/mol. The molecular formula is C22H16Cl2FNO. The number of carbonyl (C=O) groups is 1. The Morgan fingerprint density at radius 2 is 1.63 bits per heavy atom. The van der Waals surface area contributed by atoms with E-state index in [2.05, 4.69) is 0 Å². The van der Waals surface area contributed by atoms with Crippen molar-refractivity contribution in [3.05, 3.63) is 105 Å². The molecule has 5 heteroatoms. The Kier molecular flexibility index (Phi) is 4.90. The van der Waals surface area contributed by atoms with Crippen molar-refractivity contribution in [3.8, 4) is 0 Å². The molecule has 0 bridgehead atoms. The quantitative estimate of drug-likeness (QED) is 0.523. The van der Waals surface area contributed by atoms with Gasteiger partial charge >= 0.3 is 0 Å². The molecule has 136 valence electrons. The summed E-state index contributed by atoms with van der Waals surface area (Å²) in [6.45, 7) is 0.495. The number of halogens is 3. The van der Waals surface area contributed by atoms with Crippen LogP contribution < -0.4 is 0 Å². The highest BCUT2D eigenvalue weighted by Crippen LogP contribution is 2.37. The van der Waals surface area contributed by atoms with Gasteiger partial charge in [0.1, 0.15) is 5.82 Å². The minimum atomic E-state index is -0.488. The zero-order chi connectivity index (χ0) is 19.0. The molecule has 1 amide bonds. The highest BCUT2D eigenvalue weighted by Gasteiger charge is 2.33. The Bertz CT molecular complexity index is 1020. The molecule has 1 aliphatic heterocycles. The molecule has 0 saturated heterocycles. The van der Waals surface area contributed by atoms with Crippen LogP contribution in [0.4, 0.5) is 4.39 Å². The molecule has 3 aromatic carbocycles. The molecule has 4 rings (SSSR count). The molecule has 0 spiro atoms. The number of rotatable bonds is 2. The van der Waals surface area contributed by atoms with Crippen LogP contribution in [0.2, 0.25) is 10.0 Å². The largest absolute Gasteiger partial charge is 0.327 e. The second-order valence-corrected chi connectivity index (χ2v) is 7.31. The average Bonchev–Trinajstić information content (AvgIpc) is 2.69.